The van der Waals surface area contributed by atoms with Crippen molar-refractivity contribution in [1.29, 1.82) is 0 Å². The van der Waals surface area contributed by atoms with Gasteiger partial charge in [0.05, 0.1) is 23.7 Å². The number of hydrogen-bond donors (Lipinski definition) is 9. The average molecular weight is 1300 g/mol. The largest absolute Gasteiger partial charge is 0.508 e. The summed E-state index contributed by atoms with van der Waals surface area (Å²) in [4.78, 5) is 157. The van der Waals surface area contributed by atoms with Gasteiger partial charge in [-0.25, -0.2) is 0 Å². The first-order chi connectivity index (χ1) is 45.3. The number of amides is 6. The molecule has 0 unspecified atom stereocenters. The molecule has 95 heavy (non-hydrogen) atoms. The van der Waals surface area contributed by atoms with Gasteiger partial charge in [0.1, 0.15) is 17.8 Å². The van der Waals surface area contributed by atoms with Crippen LogP contribution in [0.3, 0.4) is 0 Å². The number of aromatic hydroxyl groups is 1. The minimum atomic E-state index is -1.26. The first-order valence-electron chi connectivity index (χ1n) is 33.4. The van der Waals surface area contributed by atoms with E-state index in [2.05, 4.69) is 36.2 Å². The number of phenolic OH excluding ortho intramolecular Hbond substituents is 1. The fourth-order valence-electron chi connectivity index (χ4n) is 13.6. The number of rotatable bonds is 32. The summed E-state index contributed by atoms with van der Waals surface area (Å²) in [5.41, 5.74) is 10.1. The second-order valence-electron chi connectivity index (χ2n) is 27.4. The molecule has 9 atom stereocenters. The summed E-state index contributed by atoms with van der Waals surface area (Å²) in [5, 5.41) is 24.8. The van der Waals surface area contributed by atoms with Crippen molar-refractivity contribution in [1.82, 2.24) is 46.0 Å². The van der Waals surface area contributed by atoms with Crippen molar-refractivity contribution in [3.63, 3.8) is 0 Å². The normalized spacial score (nSPS) is 17.3. The molecular weight excluding hydrogens is 1200 g/mol. The number of para-hydroxylation sites is 3. The smallest absolute Gasteiger partial charge is 0.246 e. The van der Waals surface area contributed by atoms with Gasteiger partial charge in [-0.05, 0) is 130 Å². The van der Waals surface area contributed by atoms with Crippen LogP contribution in [-0.2, 0) is 73.6 Å². The second-order valence-corrected chi connectivity index (χ2v) is 27.4. The maximum absolute atomic E-state index is 15.5. The number of nitrogens with zero attached hydrogens (tertiary/aromatic N) is 2. The van der Waals surface area contributed by atoms with Crippen molar-refractivity contribution in [3.8, 4) is 5.75 Å². The van der Waals surface area contributed by atoms with Crippen molar-refractivity contribution in [2.45, 2.75) is 161 Å². The molecule has 6 amide bonds. The number of likely N-dealkylation sites (tertiary alicyclic amines) is 2. The van der Waals surface area contributed by atoms with E-state index >= 15 is 14.4 Å². The van der Waals surface area contributed by atoms with Gasteiger partial charge in [-0.3, -0.25) is 47.9 Å². The van der Waals surface area contributed by atoms with Crippen LogP contribution in [0.15, 0.2) is 116 Å². The third-order valence-corrected chi connectivity index (χ3v) is 19.6. The molecular formula is C74H92N10O11. The predicted molar refractivity (Wildman–Crippen MR) is 363 cm³/mol. The van der Waals surface area contributed by atoms with Gasteiger partial charge >= 0.3 is 0 Å². The predicted octanol–water partition coefficient (Wildman–Crippen LogP) is 7.66. The number of nitrogens with two attached hydrogens (primary N) is 1. The van der Waals surface area contributed by atoms with Gasteiger partial charge in [0.25, 0.3) is 0 Å². The molecule has 2 saturated heterocycles. The molecule has 21 heteroatoms. The Labute approximate surface area is 554 Å². The molecule has 5 heterocycles. The molecule has 0 radical (unpaired) electrons. The zero-order valence-corrected chi connectivity index (χ0v) is 55.7. The fourth-order valence-corrected chi connectivity index (χ4v) is 13.6. The number of aromatic amines is 3. The summed E-state index contributed by atoms with van der Waals surface area (Å²) < 4.78 is 0. The number of likely N-dealkylation sites (N-methyl/N-ethyl adjacent to an activating group) is 1. The lowest BCUT2D eigenvalue weighted by atomic mass is 9.86. The third-order valence-electron chi connectivity index (χ3n) is 19.6. The van der Waals surface area contributed by atoms with Gasteiger partial charge in [-0.15, -0.1) is 0 Å². The summed E-state index contributed by atoms with van der Waals surface area (Å²) in [5.74, 6) is -9.00. The highest BCUT2D eigenvalue weighted by atomic mass is 16.3. The lowest BCUT2D eigenvalue weighted by Gasteiger charge is -2.33. The molecule has 10 N–H and O–H groups in total. The molecule has 2 aliphatic heterocycles. The number of hydrogen-bond acceptors (Lipinski definition) is 12. The third kappa shape index (κ3) is 16.8. The van der Waals surface area contributed by atoms with Crippen LogP contribution >= 0.6 is 0 Å². The van der Waals surface area contributed by atoms with Crippen molar-refractivity contribution in [2.75, 3.05) is 20.1 Å². The molecule has 0 aliphatic carbocycles. The van der Waals surface area contributed by atoms with E-state index in [1.54, 1.807) is 80.0 Å². The first kappa shape index (κ1) is 70.1. The van der Waals surface area contributed by atoms with Crippen LogP contribution in [0.2, 0.25) is 0 Å². The van der Waals surface area contributed by atoms with Crippen LogP contribution in [0.5, 0.6) is 5.75 Å². The molecule has 0 spiro atoms. The van der Waals surface area contributed by atoms with Gasteiger partial charge in [-0.2, -0.15) is 0 Å². The SMILES string of the molecule is CNC(C)(C)C(=O)C[C@@H](Cc1c[nH]c2ccccc12)C(=O)N[C@@H](Cc1c[nH]c2ccccc12)C(=O)C[C@@H](C)C(=O)N[C@@H](Cc1ccc(O)cc1)C(=O)C[C@@H](Cc1c[nH]c2ccccc12)C(=O)N1CCC[C@H]1C(=O)N1CCC[C@H]1C(=O)N[C@H](C(=O)C[C@H](C(N)=O)C(C)C)C(C)C. The number of fused-ring (bicyclic) bond motifs is 3. The Balaban J connectivity index is 0.957. The fraction of sp³-hybridized carbons (Fsp3) is 0.459. The van der Waals surface area contributed by atoms with E-state index in [-0.39, 0.29) is 93.6 Å². The first-order valence-corrected chi connectivity index (χ1v) is 33.4. The Hall–Kier alpha value is -9.24. The van der Waals surface area contributed by atoms with E-state index in [0.29, 0.717) is 31.2 Å². The number of carbonyl (C=O) groups is 10. The number of primary amides is 1. The maximum Gasteiger partial charge on any atom is 0.246 e. The summed E-state index contributed by atoms with van der Waals surface area (Å²) >= 11 is 0. The van der Waals surface area contributed by atoms with E-state index in [0.717, 1.165) is 49.4 Å². The number of H-pyrrole nitrogens is 3. The second kappa shape index (κ2) is 30.9. The quantitative estimate of drug-likeness (QED) is 0.0196. The molecule has 3 aromatic heterocycles. The topological polar surface area (TPSA) is 319 Å². The van der Waals surface area contributed by atoms with Gasteiger partial charge in [0.2, 0.25) is 35.4 Å². The number of ketones is 4. The minimum Gasteiger partial charge on any atom is -0.508 e. The standard InChI is InChI=1S/C74H92N10O11/c1-42(2)55(68(75)90)38-65(88)67(43(3)4)82-71(93)61-23-15-29-83(61)73(95)62-24-16-30-84(62)72(94)47(34-49-40-78-57-21-13-10-18-53(49)57)36-64(87)59(32-45-25-27-51(85)28-26-45)80-69(91)44(5)31-63(86)60(35-50-41-79-58-22-14-11-19-54(50)58)81-70(92)46(37-66(89)74(6,7)76-8)33-48-39-77-56-20-12-9-17-52(48)56/h9-14,17-22,25-28,39-44,46-47,55,59-62,67,76-79,85H,15-16,23-24,29-38H2,1-8H3,(H2,75,90)(H,80,91)(H,81,92)(H,82,93)/t44-,46-,47-,55+,59+,60+,61+,62+,67+/m1/s1. The zero-order chi connectivity index (χ0) is 68.4. The van der Waals surface area contributed by atoms with Crippen LogP contribution in [0.4, 0.5) is 0 Å². The van der Waals surface area contributed by atoms with Gasteiger partial charge in [-0.1, -0.05) is 101 Å². The monoisotopic (exact) mass is 1300 g/mol. The number of phenols is 1. The van der Waals surface area contributed by atoms with Crippen LogP contribution in [0, 0.1) is 35.5 Å². The van der Waals surface area contributed by atoms with Crippen LogP contribution in [0.25, 0.3) is 32.7 Å². The van der Waals surface area contributed by atoms with E-state index in [1.807, 2.05) is 79.0 Å². The Kier molecular flexibility index (Phi) is 22.8. The Morgan fingerprint density at radius 1 is 0.558 bits per heavy atom. The van der Waals surface area contributed by atoms with Crippen molar-refractivity contribution in [3.05, 3.63) is 138 Å². The van der Waals surface area contributed by atoms with Crippen LogP contribution < -0.4 is 27.0 Å². The number of nitrogens with one attached hydrogen (secondary N) is 7. The molecule has 21 nitrogen and oxygen atoms in total. The number of benzene rings is 4. The van der Waals surface area contributed by atoms with Crippen molar-refractivity contribution in [2.24, 2.45) is 41.2 Å². The Morgan fingerprint density at radius 2 is 1.05 bits per heavy atom. The van der Waals surface area contributed by atoms with Crippen LogP contribution in [-0.4, -0.2) is 144 Å². The lowest BCUT2D eigenvalue weighted by molar-refractivity contribution is -0.149. The number of aromatic nitrogens is 3. The summed E-state index contributed by atoms with van der Waals surface area (Å²) in [7, 11) is 1.68. The zero-order valence-electron chi connectivity index (χ0n) is 55.7. The Bertz CT molecular complexity index is 3950. The summed E-state index contributed by atoms with van der Waals surface area (Å²) in [6.45, 7) is 12.7. The lowest BCUT2D eigenvalue weighted by Crippen LogP contribution is -2.56. The summed E-state index contributed by atoms with van der Waals surface area (Å²) in [6.07, 6.45) is 6.17. The molecule has 7 aromatic rings. The van der Waals surface area contributed by atoms with E-state index < -0.39 is 106 Å². The molecule has 0 saturated carbocycles. The Morgan fingerprint density at radius 3 is 1.59 bits per heavy atom. The highest BCUT2D eigenvalue weighted by Crippen LogP contribution is 2.32. The van der Waals surface area contributed by atoms with Gasteiger partial charge in [0, 0.05) is 120 Å². The summed E-state index contributed by atoms with van der Waals surface area (Å²) in [6, 6.07) is 23.7. The highest BCUT2D eigenvalue weighted by molar-refractivity contribution is 6.00. The highest BCUT2D eigenvalue weighted by Gasteiger charge is 2.45. The average Bonchev–Trinajstić information content (AvgIpc) is 1.73. The maximum atomic E-state index is 15.5. The molecule has 2 fully saturated rings. The number of carbonyl (C=O) groups excluding carboxylic acids is 10. The van der Waals surface area contributed by atoms with Crippen molar-refractivity contribution >= 4 is 91.3 Å². The van der Waals surface area contributed by atoms with E-state index in [4.69, 9.17) is 5.73 Å². The molecule has 504 valence electrons. The minimum absolute atomic E-state index is 0.0218. The van der Waals surface area contributed by atoms with E-state index in [1.165, 1.54) is 21.9 Å². The molecule has 2 aliphatic rings. The van der Waals surface area contributed by atoms with E-state index in [9.17, 15) is 38.7 Å². The van der Waals surface area contributed by atoms with Gasteiger partial charge in [0.15, 0.2) is 23.1 Å². The molecule has 0 bridgehead atoms. The van der Waals surface area contributed by atoms with Crippen molar-refractivity contribution < 1.29 is 53.1 Å². The van der Waals surface area contributed by atoms with Gasteiger partial charge < -0.3 is 56.9 Å². The molecule has 4 aromatic carbocycles. The molecule has 9 rings (SSSR count). The number of Topliss-reactive ketones (excluding diaryl/α,β-unsaturated/α-hetero) is 4. The van der Waals surface area contributed by atoms with Crippen LogP contribution in [0.1, 0.15) is 122 Å².